The number of rotatable bonds is 3. The molecular weight excluding hydrogens is 120 g/mol. The average Bonchev–Trinajstić information content (AvgIpc) is 2.33. The molecule has 2 saturated carbocycles. The van der Waals surface area contributed by atoms with Crippen LogP contribution in [-0.4, -0.2) is 0 Å². The molecule has 54 valence electrons. The summed E-state index contributed by atoms with van der Waals surface area (Å²) in [6.45, 7) is 0. The Morgan fingerprint density at radius 3 is 2.50 bits per heavy atom. The Balaban J connectivity index is 1.61. The Kier molecular flexibility index (Phi) is 1.45. The van der Waals surface area contributed by atoms with Crippen LogP contribution >= 0.6 is 0 Å². The second-order valence-electron chi connectivity index (χ2n) is 3.67. The topological polar surface area (TPSA) is 0 Å². The van der Waals surface area contributed by atoms with E-state index < -0.39 is 0 Å². The van der Waals surface area contributed by atoms with Crippen molar-refractivity contribution in [3.8, 4) is 12.3 Å². The fraction of sp³-hybridized carbons (Fsp3) is 0.800. The number of hydrogen-bond acceptors (Lipinski definition) is 0. The molecular formula is C10H14. The molecule has 0 aliphatic heterocycles. The molecule has 0 saturated heterocycles. The van der Waals surface area contributed by atoms with Crippen LogP contribution in [0.25, 0.3) is 0 Å². The maximum Gasteiger partial charge on any atom is 0.00861 e. The highest BCUT2D eigenvalue weighted by atomic mass is 14.6. The van der Waals surface area contributed by atoms with Gasteiger partial charge in [-0.2, -0.15) is 0 Å². The summed E-state index contributed by atoms with van der Waals surface area (Å²) in [5, 5.41) is 0. The highest BCUT2D eigenvalue weighted by molar-refractivity contribution is 5.04. The Labute approximate surface area is 63.0 Å². The third kappa shape index (κ3) is 0.850. The van der Waals surface area contributed by atoms with Crippen LogP contribution in [0.4, 0.5) is 0 Å². The minimum absolute atomic E-state index is 0.996. The molecule has 2 aliphatic rings. The van der Waals surface area contributed by atoms with Crippen molar-refractivity contribution in [1.82, 2.24) is 0 Å². The molecule has 0 aromatic rings. The van der Waals surface area contributed by atoms with E-state index in [2.05, 4.69) is 5.92 Å². The summed E-state index contributed by atoms with van der Waals surface area (Å²) in [5.41, 5.74) is 0. The molecule has 0 radical (unpaired) electrons. The molecule has 0 N–H and O–H groups in total. The molecule has 2 aliphatic carbocycles. The SMILES string of the molecule is C#CCCCC1[C@H]2CC[C@@H]12. The van der Waals surface area contributed by atoms with Crippen molar-refractivity contribution >= 4 is 0 Å². The van der Waals surface area contributed by atoms with Gasteiger partial charge in [-0.25, -0.2) is 0 Å². The van der Waals surface area contributed by atoms with E-state index in [0.717, 1.165) is 24.2 Å². The van der Waals surface area contributed by atoms with E-state index in [0.29, 0.717) is 0 Å². The van der Waals surface area contributed by atoms with Crippen molar-refractivity contribution in [1.29, 1.82) is 0 Å². The predicted molar refractivity (Wildman–Crippen MR) is 42.4 cm³/mol. The highest BCUT2D eigenvalue weighted by Gasteiger charge is 2.55. The maximum absolute atomic E-state index is 5.17. The first-order valence-electron chi connectivity index (χ1n) is 4.37. The van der Waals surface area contributed by atoms with Crippen LogP contribution in [0, 0.1) is 30.1 Å². The lowest BCUT2D eigenvalue weighted by atomic mass is 10.0. The maximum atomic E-state index is 5.17. The predicted octanol–water partition coefficient (Wildman–Crippen LogP) is 2.45. The zero-order valence-electron chi connectivity index (χ0n) is 6.34. The number of terminal acetylenes is 1. The Morgan fingerprint density at radius 1 is 1.30 bits per heavy atom. The lowest BCUT2D eigenvalue weighted by Crippen LogP contribution is -1.93. The highest BCUT2D eigenvalue weighted by Crippen LogP contribution is 2.62. The second-order valence-corrected chi connectivity index (χ2v) is 3.67. The summed E-state index contributed by atoms with van der Waals surface area (Å²) in [6.07, 6.45) is 11.9. The minimum atomic E-state index is 0.996. The van der Waals surface area contributed by atoms with Crippen LogP contribution in [0.15, 0.2) is 0 Å². The first kappa shape index (κ1) is 6.28. The molecule has 0 bridgehead atoms. The van der Waals surface area contributed by atoms with Crippen LogP contribution in [0.3, 0.4) is 0 Å². The largest absolute Gasteiger partial charge is 0.120 e. The monoisotopic (exact) mass is 134 g/mol. The van der Waals surface area contributed by atoms with E-state index in [1.54, 1.807) is 0 Å². The van der Waals surface area contributed by atoms with Crippen molar-refractivity contribution in [3.63, 3.8) is 0 Å². The summed E-state index contributed by atoms with van der Waals surface area (Å²) < 4.78 is 0. The lowest BCUT2D eigenvalue weighted by molar-refractivity contribution is 0.468. The molecule has 0 heterocycles. The Morgan fingerprint density at radius 2 is 2.00 bits per heavy atom. The van der Waals surface area contributed by atoms with Crippen molar-refractivity contribution in [2.45, 2.75) is 32.1 Å². The van der Waals surface area contributed by atoms with Gasteiger partial charge in [-0.15, -0.1) is 12.3 Å². The van der Waals surface area contributed by atoms with Gasteiger partial charge in [0.25, 0.3) is 0 Å². The molecule has 0 aromatic heterocycles. The first-order valence-corrected chi connectivity index (χ1v) is 4.37. The van der Waals surface area contributed by atoms with Crippen LogP contribution in [-0.2, 0) is 0 Å². The average molecular weight is 134 g/mol. The zero-order valence-corrected chi connectivity index (χ0v) is 6.34. The summed E-state index contributed by atoms with van der Waals surface area (Å²) in [4.78, 5) is 0. The Bertz CT molecular complexity index is 153. The minimum Gasteiger partial charge on any atom is -0.120 e. The summed E-state index contributed by atoms with van der Waals surface area (Å²) in [5.74, 6) is 6.11. The Hall–Kier alpha value is -0.440. The molecule has 0 spiro atoms. The molecule has 0 heteroatoms. The van der Waals surface area contributed by atoms with E-state index in [4.69, 9.17) is 6.42 Å². The lowest BCUT2D eigenvalue weighted by Gasteiger charge is -2.04. The summed E-state index contributed by atoms with van der Waals surface area (Å²) in [7, 11) is 0. The van der Waals surface area contributed by atoms with Gasteiger partial charge in [0, 0.05) is 6.42 Å². The fourth-order valence-electron chi connectivity index (χ4n) is 2.37. The summed E-state index contributed by atoms with van der Waals surface area (Å²) in [6, 6.07) is 0. The second kappa shape index (κ2) is 2.31. The molecule has 0 nitrogen and oxygen atoms in total. The summed E-state index contributed by atoms with van der Waals surface area (Å²) >= 11 is 0. The van der Waals surface area contributed by atoms with Gasteiger partial charge in [0.2, 0.25) is 0 Å². The van der Waals surface area contributed by atoms with Crippen molar-refractivity contribution in [3.05, 3.63) is 0 Å². The number of unbranched alkanes of at least 4 members (excludes halogenated alkanes) is 1. The third-order valence-electron chi connectivity index (χ3n) is 3.20. The van der Waals surface area contributed by atoms with Crippen molar-refractivity contribution in [2.24, 2.45) is 17.8 Å². The standard InChI is InChI=1S/C10H14/c1-2-3-4-5-8-9-6-7-10(8)9/h1,8-10H,3-7H2/t8?,9-,10+. The van der Waals surface area contributed by atoms with Crippen LogP contribution < -0.4 is 0 Å². The van der Waals surface area contributed by atoms with Crippen LogP contribution in [0.5, 0.6) is 0 Å². The molecule has 2 fully saturated rings. The van der Waals surface area contributed by atoms with Crippen molar-refractivity contribution in [2.75, 3.05) is 0 Å². The van der Waals surface area contributed by atoms with Gasteiger partial charge in [0.05, 0.1) is 0 Å². The van der Waals surface area contributed by atoms with Gasteiger partial charge < -0.3 is 0 Å². The number of hydrogen-bond donors (Lipinski definition) is 0. The normalized spacial score (nSPS) is 41.3. The molecule has 1 unspecified atom stereocenters. The van der Waals surface area contributed by atoms with Gasteiger partial charge in [-0.1, -0.05) is 0 Å². The number of fused-ring (bicyclic) bond motifs is 1. The smallest absolute Gasteiger partial charge is 0.00861 e. The molecule has 0 amide bonds. The first-order chi connectivity index (χ1) is 4.93. The van der Waals surface area contributed by atoms with Gasteiger partial charge in [-0.3, -0.25) is 0 Å². The van der Waals surface area contributed by atoms with E-state index in [1.165, 1.54) is 25.7 Å². The van der Waals surface area contributed by atoms with E-state index in [9.17, 15) is 0 Å². The quantitative estimate of drug-likeness (QED) is 0.411. The fourth-order valence-corrected chi connectivity index (χ4v) is 2.37. The molecule has 2 rings (SSSR count). The van der Waals surface area contributed by atoms with Gasteiger partial charge in [0.1, 0.15) is 0 Å². The van der Waals surface area contributed by atoms with E-state index >= 15 is 0 Å². The third-order valence-corrected chi connectivity index (χ3v) is 3.20. The van der Waals surface area contributed by atoms with Gasteiger partial charge >= 0.3 is 0 Å². The zero-order chi connectivity index (χ0) is 6.97. The molecule has 10 heavy (non-hydrogen) atoms. The van der Waals surface area contributed by atoms with E-state index in [1.807, 2.05) is 0 Å². The van der Waals surface area contributed by atoms with Crippen molar-refractivity contribution < 1.29 is 0 Å². The van der Waals surface area contributed by atoms with Gasteiger partial charge in [-0.05, 0) is 43.4 Å². The van der Waals surface area contributed by atoms with E-state index in [-0.39, 0.29) is 0 Å². The molecule has 3 atom stereocenters. The molecule has 0 aromatic carbocycles. The van der Waals surface area contributed by atoms with Gasteiger partial charge in [0.15, 0.2) is 0 Å². The van der Waals surface area contributed by atoms with Crippen LogP contribution in [0.2, 0.25) is 0 Å². The van der Waals surface area contributed by atoms with Crippen LogP contribution in [0.1, 0.15) is 32.1 Å².